The van der Waals surface area contributed by atoms with Crippen LogP contribution in [0.5, 0.6) is 0 Å². The Morgan fingerprint density at radius 2 is 2.00 bits per heavy atom. The highest BCUT2D eigenvalue weighted by Gasteiger charge is 2.07. The molecule has 110 valence electrons. The number of rotatable bonds is 5. The summed E-state index contributed by atoms with van der Waals surface area (Å²) in [5.41, 5.74) is 2.66. The van der Waals surface area contributed by atoms with E-state index in [9.17, 15) is 9.18 Å². The van der Waals surface area contributed by atoms with E-state index < -0.39 is 5.82 Å². The third-order valence-corrected chi connectivity index (χ3v) is 3.40. The second-order valence-electron chi connectivity index (χ2n) is 4.61. The van der Waals surface area contributed by atoms with Crippen LogP contribution in [-0.2, 0) is 17.8 Å². The molecule has 2 rings (SSSR count). The van der Waals surface area contributed by atoms with Crippen molar-refractivity contribution in [3.05, 3.63) is 64.4 Å². The molecule has 0 unspecified atom stereocenters. The number of amides is 1. The highest BCUT2D eigenvalue weighted by Crippen LogP contribution is 2.19. The molecular formula is C16H16ClFN2O. The van der Waals surface area contributed by atoms with E-state index in [2.05, 4.69) is 10.6 Å². The Bertz CT molecular complexity index is 646. The first-order chi connectivity index (χ1) is 10.1. The number of likely N-dealkylation sites (N-methyl/N-ethyl adjacent to an activating group) is 1. The summed E-state index contributed by atoms with van der Waals surface area (Å²) in [4.78, 5) is 11.5. The average Bonchev–Trinajstić information content (AvgIpc) is 2.49. The highest BCUT2D eigenvalue weighted by atomic mass is 35.5. The van der Waals surface area contributed by atoms with E-state index in [1.807, 2.05) is 24.3 Å². The summed E-state index contributed by atoms with van der Waals surface area (Å²) in [6.45, 7) is 0.505. The lowest BCUT2D eigenvalue weighted by molar-refractivity contribution is -0.119. The maximum absolute atomic E-state index is 13.1. The first-order valence-electron chi connectivity index (χ1n) is 6.56. The van der Waals surface area contributed by atoms with Gasteiger partial charge >= 0.3 is 0 Å². The largest absolute Gasteiger partial charge is 0.381 e. The minimum atomic E-state index is -0.430. The standard InChI is InChI=1S/C16H16ClFN2O/c1-19-16(21)9-12-4-2-3-5-15(12)20-10-11-6-7-14(18)13(17)8-11/h2-8,20H,9-10H2,1H3,(H,19,21). The predicted octanol–water partition coefficient (Wildman–Crippen LogP) is 3.38. The minimum absolute atomic E-state index is 0.0472. The molecule has 0 aliphatic heterocycles. The third kappa shape index (κ3) is 4.20. The molecule has 0 aromatic heterocycles. The van der Waals surface area contributed by atoms with Gasteiger partial charge in [-0.25, -0.2) is 4.39 Å². The smallest absolute Gasteiger partial charge is 0.224 e. The van der Waals surface area contributed by atoms with Crippen molar-refractivity contribution in [2.45, 2.75) is 13.0 Å². The van der Waals surface area contributed by atoms with Crippen molar-refractivity contribution in [3.63, 3.8) is 0 Å². The molecule has 0 spiro atoms. The molecule has 0 atom stereocenters. The van der Waals surface area contributed by atoms with E-state index in [-0.39, 0.29) is 10.9 Å². The van der Waals surface area contributed by atoms with E-state index in [4.69, 9.17) is 11.6 Å². The van der Waals surface area contributed by atoms with Crippen LogP contribution in [0, 0.1) is 5.82 Å². The van der Waals surface area contributed by atoms with Crippen molar-refractivity contribution in [1.29, 1.82) is 0 Å². The third-order valence-electron chi connectivity index (χ3n) is 3.11. The Morgan fingerprint density at radius 3 is 2.71 bits per heavy atom. The van der Waals surface area contributed by atoms with Crippen LogP contribution in [0.4, 0.5) is 10.1 Å². The monoisotopic (exact) mass is 306 g/mol. The molecule has 0 fully saturated rings. The SMILES string of the molecule is CNC(=O)Cc1ccccc1NCc1ccc(F)c(Cl)c1. The minimum Gasteiger partial charge on any atom is -0.381 e. The van der Waals surface area contributed by atoms with Crippen LogP contribution in [-0.4, -0.2) is 13.0 Å². The highest BCUT2D eigenvalue weighted by molar-refractivity contribution is 6.30. The average molecular weight is 307 g/mol. The summed E-state index contributed by atoms with van der Waals surface area (Å²) in [7, 11) is 1.61. The first kappa shape index (κ1) is 15.3. The van der Waals surface area contributed by atoms with Crippen molar-refractivity contribution >= 4 is 23.2 Å². The fourth-order valence-corrected chi connectivity index (χ4v) is 2.16. The molecule has 0 saturated carbocycles. The molecule has 5 heteroatoms. The van der Waals surface area contributed by atoms with E-state index in [1.165, 1.54) is 6.07 Å². The van der Waals surface area contributed by atoms with Crippen molar-refractivity contribution in [2.75, 3.05) is 12.4 Å². The van der Waals surface area contributed by atoms with Crippen molar-refractivity contribution in [2.24, 2.45) is 0 Å². The lowest BCUT2D eigenvalue weighted by Gasteiger charge is -2.12. The Labute approximate surface area is 128 Å². The number of hydrogen-bond donors (Lipinski definition) is 2. The number of hydrogen-bond acceptors (Lipinski definition) is 2. The number of benzene rings is 2. The van der Waals surface area contributed by atoms with Gasteiger partial charge in [-0.15, -0.1) is 0 Å². The summed E-state index contributed by atoms with van der Waals surface area (Å²) < 4.78 is 13.1. The summed E-state index contributed by atoms with van der Waals surface area (Å²) in [5, 5.41) is 5.95. The topological polar surface area (TPSA) is 41.1 Å². The van der Waals surface area contributed by atoms with Gasteiger partial charge in [-0.05, 0) is 29.3 Å². The van der Waals surface area contributed by atoms with Crippen LogP contribution >= 0.6 is 11.6 Å². The molecule has 0 bridgehead atoms. The van der Waals surface area contributed by atoms with Gasteiger partial charge in [-0.1, -0.05) is 35.9 Å². The Kier molecular flexibility index (Phi) is 5.17. The molecule has 2 N–H and O–H groups in total. The summed E-state index contributed by atoms with van der Waals surface area (Å²) in [5.74, 6) is -0.477. The maximum Gasteiger partial charge on any atom is 0.224 e. The first-order valence-corrected chi connectivity index (χ1v) is 6.94. The van der Waals surface area contributed by atoms with Crippen LogP contribution in [0.15, 0.2) is 42.5 Å². The molecule has 0 aliphatic rings. The van der Waals surface area contributed by atoms with Crippen molar-refractivity contribution < 1.29 is 9.18 Å². The number of carbonyl (C=O) groups excluding carboxylic acids is 1. The molecule has 21 heavy (non-hydrogen) atoms. The van der Waals surface area contributed by atoms with Crippen LogP contribution in [0.1, 0.15) is 11.1 Å². The van der Waals surface area contributed by atoms with Crippen LogP contribution in [0.2, 0.25) is 5.02 Å². The molecule has 0 radical (unpaired) electrons. The predicted molar refractivity (Wildman–Crippen MR) is 82.9 cm³/mol. The number of carbonyl (C=O) groups is 1. The lowest BCUT2D eigenvalue weighted by Crippen LogP contribution is -2.20. The number of nitrogens with one attached hydrogen (secondary N) is 2. The summed E-state index contributed by atoms with van der Waals surface area (Å²) in [6, 6.07) is 12.2. The van der Waals surface area contributed by atoms with Crippen molar-refractivity contribution in [3.8, 4) is 0 Å². The zero-order valence-electron chi connectivity index (χ0n) is 11.6. The van der Waals surface area contributed by atoms with E-state index in [0.29, 0.717) is 13.0 Å². The van der Waals surface area contributed by atoms with Crippen LogP contribution in [0.3, 0.4) is 0 Å². The molecule has 0 heterocycles. The fraction of sp³-hybridized carbons (Fsp3) is 0.188. The van der Waals surface area contributed by atoms with Gasteiger partial charge in [0.25, 0.3) is 0 Å². The maximum atomic E-state index is 13.1. The van der Waals surface area contributed by atoms with E-state index in [1.54, 1.807) is 19.2 Å². The Hall–Kier alpha value is -2.07. The summed E-state index contributed by atoms with van der Waals surface area (Å²) >= 11 is 5.76. The van der Waals surface area contributed by atoms with Crippen LogP contribution < -0.4 is 10.6 Å². The molecule has 0 saturated heterocycles. The van der Waals surface area contributed by atoms with Gasteiger partial charge in [-0.2, -0.15) is 0 Å². The number of para-hydroxylation sites is 1. The van der Waals surface area contributed by atoms with Gasteiger partial charge in [0.2, 0.25) is 5.91 Å². The van der Waals surface area contributed by atoms with Gasteiger partial charge in [0.15, 0.2) is 0 Å². The van der Waals surface area contributed by atoms with Gasteiger partial charge < -0.3 is 10.6 Å². The van der Waals surface area contributed by atoms with E-state index >= 15 is 0 Å². The quantitative estimate of drug-likeness (QED) is 0.889. The van der Waals surface area contributed by atoms with Crippen molar-refractivity contribution in [1.82, 2.24) is 5.32 Å². The molecule has 0 aliphatic carbocycles. The second-order valence-corrected chi connectivity index (χ2v) is 5.02. The Morgan fingerprint density at radius 1 is 1.24 bits per heavy atom. The summed E-state index contributed by atoms with van der Waals surface area (Å²) in [6.07, 6.45) is 0.309. The number of anilines is 1. The normalized spacial score (nSPS) is 10.2. The van der Waals surface area contributed by atoms with Crippen LogP contribution in [0.25, 0.3) is 0 Å². The zero-order chi connectivity index (χ0) is 15.2. The number of halogens is 2. The zero-order valence-corrected chi connectivity index (χ0v) is 12.4. The molecule has 2 aromatic carbocycles. The molecule has 2 aromatic rings. The Balaban J connectivity index is 2.09. The van der Waals surface area contributed by atoms with E-state index in [0.717, 1.165) is 16.8 Å². The molecule has 1 amide bonds. The van der Waals surface area contributed by atoms with Gasteiger partial charge in [-0.3, -0.25) is 4.79 Å². The van der Waals surface area contributed by atoms with Gasteiger partial charge in [0.05, 0.1) is 11.4 Å². The van der Waals surface area contributed by atoms with Gasteiger partial charge in [0, 0.05) is 19.3 Å². The molecule has 3 nitrogen and oxygen atoms in total. The fourth-order valence-electron chi connectivity index (χ4n) is 1.96. The van der Waals surface area contributed by atoms with Gasteiger partial charge in [0.1, 0.15) is 5.82 Å². The second kappa shape index (κ2) is 7.09. The lowest BCUT2D eigenvalue weighted by atomic mass is 10.1. The molecular weight excluding hydrogens is 291 g/mol.